The molecule has 2 aliphatic rings. The van der Waals surface area contributed by atoms with Crippen molar-refractivity contribution < 1.29 is 4.79 Å². The molecule has 1 amide bonds. The second-order valence-electron chi connectivity index (χ2n) is 5.92. The van der Waals surface area contributed by atoms with Gasteiger partial charge in [0.05, 0.1) is 6.04 Å². The quantitative estimate of drug-likeness (QED) is 0.883. The zero-order chi connectivity index (χ0) is 13.4. The van der Waals surface area contributed by atoms with Crippen LogP contribution in [0.4, 0.5) is 5.69 Å². The molecule has 102 valence electrons. The third kappa shape index (κ3) is 2.16. The molecule has 1 aromatic rings. The Bertz CT molecular complexity index is 485. The fourth-order valence-electron chi connectivity index (χ4n) is 3.73. The van der Waals surface area contributed by atoms with Crippen LogP contribution < -0.4 is 10.2 Å². The first kappa shape index (κ1) is 12.7. The normalized spacial score (nSPS) is 29.3. The van der Waals surface area contributed by atoms with Gasteiger partial charge in [0, 0.05) is 12.7 Å². The molecular weight excluding hydrogens is 236 g/mol. The van der Waals surface area contributed by atoms with Gasteiger partial charge in [-0.2, -0.15) is 0 Å². The maximum absolute atomic E-state index is 12.7. The molecule has 0 spiro atoms. The van der Waals surface area contributed by atoms with Gasteiger partial charge in [0.1, 0.15) is 0 Å². The van der Waals surface area contributed by atoms with Crippen LogP contribution in [0.2, 0.25) is 0 Å². The Morgan fingerprint density at radius 3 is 2.89 bits per heavy atom. The van der Waals surface area contributed by atoms with E-state index in [1.165, 1.54) is 19.3 Å². The summed E-state index contributed by atoms with van der Waals surface area (Å²) in [7, 11) is 1.90. The van der Waals surface area contributed by atoms with Gasteiger partial charge in [-0.05, 0) is 49.8 Å². The Kier molecular flexibility index (Phi) is 3.31. The SMILES string of the molecule is Cc1ccccc1N(C)C(=O)C1NCC2CCCC21. The first-order chi connectivity index (χ1) is 9.18. The van der Waals surface area contributed by atoms with E-state index < -0.39 is 0 Å². The van der Waals surface area contributed by atoms with Crippen molar-refractivity contribution in [2.75, 3.05) is 18.5 Å². The van der Waals surface area contributed by atoms with E-state index in [0.717, 1.165) is 23.7 Å². The maximum Gasteiger partial charge on any atom is 0.244 e. The second-order valence-corrected chi connectivity index (χ2v) is 5.92. The largest absolute Gasteiger partial charge is 0.314 e. The van der Waals surface area contributed by atoms with E-state index in [0.29, 0.717) is 5.92 Å². The van der Waals surface area contributed by atoms with E-state index in [4.69, 9.17) is 0 Å². The van der Waals surface area contributed by atoms with Crippen LogP contribution in [0.3, 0.4) is 0 Å². The lowest BCUT2D eigenvalue weighted by Crippen LogP contribution is -2.45. The van der Waals surface area contributed by atoms with Crippen molar-refractivity contribution in [3.8, 4) is 0 Å². The molecule has 19 heavy (non-hydrogen) atoms. The van der Waals surface area contributed by atoms with Crippen molar-refractivity contribution in [3.05, 3.63) is 29.8 Å². The summed E-state index contributed by atoms with van der Waals surface area (Å²) in [6, 6.07) is 8.11. The molecule has 3 atom stereocenters. The smallest absolute Gasteiger partial charge is 0.244 e. The van der Waals surface area contributed by atoms with Gasteiger partial charge < -0.3 is 10.2 Å². The van der Waals surface area contributed by atoms with E-state index in [-0.39, 0.29) is 11.9 Å². The highest BCUT2D eigenvalue weighted by Crippen LogP contribution is 2.38. The Morgan fingerprint density at radius 1 is 1.32 bits per heavy atom. The number of rotatable bonds is 2. The number of nitrogens with zero attached hydrogens (tertiary/aromatic N) is 1. The monoisotopic (exact) mass is 258 g/mol. The molecule has 1 aromatic carbocycles. The highest BCUT2D eigenvalue weighted by Gasteiger charge is 2.43. The van der Waals surface area contributed by atoms with Crippen LogP contribution in [0.1, 0.15) is 24.8 Å². The summed E-state index contributed by atoms with van der Waals surface area (Å²) in [5, 5.41) is 3.44. The van der Waals surface area contributed by atoms with Crippen molar-refractivity contribution >= 4 is 11.6 Å². The number of nitrogens with one attached hydrogen (secondary N) is 1. The van der Waals surface area contributed by atoms with E-state index in [9.17, 15) is 4.79 Å². The average Bonchev–Trinajstić information content (AvgIpc) is 3.00. The standard InChI is InChI=1S/C16H22N2O/c1-11-6-3-4-9-14(11)18(2)16(19)15-13-8-5-7-12(13)10-17-15/h3-4,6,9,12-13,15,17H,5,7-8,10H2,1-2H3. The minimum atomic E-state index is 0.0251. The van der Waals surface area contributed by atoms with Gasteiger partial charge in [-0.1, -0.05) is 24.6 Å². The number of hydrogen-bond donors (Lipinski definition) is 1. The molecule has 0 aromatic heterocycles. The minimum absolute atomic E-state index is 0.0251. The van der Waals surface area contributed by atoms with Crippen molar-refractivity contribution in [3.63, 3.8) is 0 Å². The molecule has 1 saturated carbocycles. The van der Waals surface area contributed by atoms with E-state index in [1.807, 2.05) is 30.1 Å². The molecule has 1 aliphatic carbocycles. The molecule has 0 radical (unpaired) electrons. The summed E-state index contributed by atoms with van der Waals surface area (Å²) in [5.41, 5.74) is 2.18. The van der Waals surface area contributed by atoms with Gasteiger partial charge in [0.25, 0.3) is 0 Å². The van der Waals surface area contributed by atoms with Gasteiger partial charge in [-0.15, -0.1) is 0 Å². The number of amides is 1. The molecule has 2 fully saturated rings. The predicted octanol–water partition coefficient (Wildman–Crippen LogP) is 2.35. The van der Waals surface area contributed by atoms with E-state index in [2.05, 4.69) is 18.3 Å². The first-order valence-corrected chi connectivity index (χ1v) is 7.25. The molecule has 1 N–H and O–H groups in total. The van der Waals surface area contributed by atoms with Crippen LogP contribution in [0.25, 0.3) is 0 Å². The number of para-hydroxylation sites is 1. The number of likely N-dealkylation sites (N-methyl/N-ethyl adjacent to an activating group) is 1. The van der Waals surface area contributed by atoms with Crippen LogP contribution in [0.5, 0.6) is 0 Å². The number of carbonyl (C=O) groups is 1. The predicted molar refractivity (Wildman–Crippen MR) is 77.2 cm³/mol. The van der Waals surface area contributed by atoms with Crippen molar-refractivity contribution in [1.82, 2.24) is 5.32 Å². The minimum Gasteiger partial charge on any atom is -0.314 e. The van der Waals surface area contributed by atoms with Crippen molar-refractivity contribution in [2.45, 2.75) is 32.2 Å². The molecule has 3 rings (SSSR count). The Morgan fingerprint density at radius 2 is 2.11 bits per heavy atom. The highest BCUT2D eigenvalue weighted by molar-refractivity contribution is 5.97. The zero-order valence-electron chi connectivity index (χ0n) is 11.7. The average molecular weight is 258 g/mol. The molecule has 1 saturated heterocycles. The highest BCUT2D eigenvalue weighted by atomic mass is 16.2. The summed E-state index contributed by atoms with van der Waals surface area (Å²) >= 11 is 0. The van der Waals surface area contributed by atoms with Gasteiger partial charge in [-0.3, -0.25) is 4.79 Å². The van der Waals surface area contributed by atoms with Crippen molar-refractivity contribution in [2.24, 2.45) is 11.8 Å². The fraction of sp³-hybridized carbons (Fsp3) is 0.562. The second kappa shape index (κ2) is 4.97. The lowest BCUT2D eigenvalue weighted by Gasteiger charge is -2.25. The van der Waals surface area contributed by atoms with E-state index >= 15 is 0 Å². The summed E-state index contributed by atoms with van der Waals surface area (Å²) in [6.45, 7) is 3.07. The summed E-state index contributed by atoms with van der Waals surface area (Å²) in [4.78, 5) is 14.5. The summed E-state index contributed by atoms with van der Waals surface area (Å²) in [6.07, 6.45) is 3.78. The number of hydrogen-bond acceptors (Lipinski definition) is 2. The molecule has 1 aliphatic heterocycles. The lowest BCUT2D eigenvalue weighted by atomic mass is 9.93. The third-order valence-corrected chi connectivity index (χ3v) is 4.82. The number of carbonyl (C=O) groups excluding carboxylic acids is 1. The van der Waals surface area contributed by atoms with Gasteiger partial charge in [-0.25, -0.2) is 0 Å². The molecule has 3 nitrogen and oxygen atoms in total. The third-order valence-electron chi connectivity index (χ3n) is 4.82. The Labute approximate surface area is 115 Å². The topological polar surface area (TPSA) is 32.3 Å². The van der Waals surface area contributed by atoms with Crippen LogP contribution >= 0.6 is 0 Å². The summed E-state index contributed by atoms with van der Waals surface area (Å²) in [5.74, 6) is 1.50. The number of anilines is 1. The van der Waals surface area contributed by atoms with Crippen LogP contribution in [-0.4, -0.2) is 25.5 Å². The molecule has 3 heteroatoms. The van der Waals surface area contributed by atoms with Gasteiger partial charge in [0.2, 0.25) is 5.91 Å². The molecule has 0 bridgehead atoms. The molecular formula is C16H22N2O. The van der Waals surface area contributed by atoms with Crippen molar-refractivity contribution in [1.29, 1.82) is 0 Å². The maximum atomic E-state index is 12.7. The van der Waals surface area contributed by atoms with Crippen LogP contribution in [0, 0.1) is 18.8 Å². The van der Waals surface area contributed by atoms with Crippen LogP contribution in [-0.2, 0) is 4.79 Å². The number of aryl methyl sites for hydroxylation is 1. The number of fused-ring (bicyclic) bond motifs is 1. The summed E-state index contributed by atoms with van der Waals surface area (Å²) < 4.78 is 0. The lowest BCUT2D eigenvalue weighted by molar-refractivity contribution is -0.120. The number of benzene rings is 1. The van der Waals surface area contributed by atoms with Gasteiger partial charge in [0.15, 0.2) is 0 Å². The van der Waals surface area contributed by atoms with Crippen LogP contribution in [0.15, 0.2) is 24.3 Å². The molecule has 3 unspecified atom stereocenters. The van der Waals surface area contributed by atoms with Gasteiger partial charge >= 0.3 is 0 Å². The first-order valence-electron chi connectivity index (χ1n) is 7.25. The molecule has 1 heterocycles. The fourth-order valence-corrected chi connectivity index (χ4v) is 3.73. The Balaban J connectivity index is 1.79. The van der Waals surface area contributed by atoms with E-state index in [1.54, 1.807) is 0 Å². The Hall–Kier alpha value is -1.35. The zero-order valence-corrected chi connectivity index (χ0v) is 11.7.